The number of amides is 1. The van der Waals surface area contributed by atoms with Gasteiger partial charge in [-0.2, -0.15) is 0 Å². The third kappa shape index (κ3) is 6.52. The predicted octanol–water partition coefficient (Wildman–Crippen LogP) is 3.94. The van der Waals surface area contributed by atoms with Crippen molar-refractivity contribution in [3.05, 3.63) is 53.1 Å². The molecule has 1 aliphatic rings. The molecule has 2 aromatic carbocycles. The minimum Gasteiger partial charge on any atom is -0.493 e. The van der Waals surface area contributed by atoms with Crippen LogP contribution in [-0.2, 0) is 0 Å². The molecule has 0 radical (unpaired) electrons. The van der Waals surface area contributed by atoms with E-state index in [1.807, 2.05) is 6.07 Å². The molecule has 0 unspecified atom stereocenters. The minimum atomic E-state index is -0.168. The molecule has 7 heteroatoms. The number of anilines is 1. The molecule has 0 aliphatic carbocycles. The van der Waals surface area contributed by atoms with Gasteiger partial charge in [-0.15, -0.1) is 0 Å². The summed E-state index contributed by atoms with van der Waals surface area (Å²) in [5.74, 6) is 1.14. The van der Waals surface area contributed by atoms with E-state index in [9.17, 15) is 4.79 Å². The minimum absolute atomic E-state index is 0.168. The first kappa shape index (κ1) is 23.2. The van der Waals surface area contributed by atoms with E-state index in [0.717, 1.165) is 32.7 Å². The number of ether oxygens (including phenoxy) is 2. The van der Waals surface area contributed by atoms with Gasteiger partial charge >= 0.3 is 0 Å². The molecule has 31 heavy (non-hydrogen) atoms. The number of hydrogen-bond acceptors (Lipinski definition) is 5. The molecule has 168 valence electrons. The summed E-state index contributed by atoms with van der Waals surface area (Å²) < 4.78 is 11.1. The van der Waals surface area contributed by atoms with Crippen LogP contribution in [0.1, 0.15) is 24.2 Å². The van der Waals surface area contributed by atoms with Crippen molar-refractivity contribution in [2.45, 2.75) is 13.8 Å². The summed E-state index contributed by atoms with van der Waals surface area (Å²) in [5, 5.41) is 3.37. The normalized spacial score (nSPS) is 14.5. The molecule has 1 amide bonds. The molecule has 1 saturated heterocycles. The Morgan fingerprint density at radius 2 is 1.84 bits per heavy atom. The summed E-state index contributed by atoms with van der Waals surface area (Å²) in [6.45, 7) is 9.97. The zero-order valence-corrected chi connectivity index (χ0v) is 19.3. The summed E-state index contributed by atoms with van der Waals surface area (Å²) >= 11 is 6.36. The lowest BCUT2D eigenvalue weighted by molar-refractivity contribution is 0.0947. The number of nitrogens with one attached hydrogen (secondary N) is 1. The van der Waals surface area contributed by atoms with Crippen molar-refractivity contribution in [2.75, 3.05) is 57.9 Å². The Bertz CT molecular complexity index is 853. The van der Waals surface area contributed by atoms with Gasteiger partial charge in [0, 0.05) is 50.5 Å². The molecule has 3 rings (SSSR count). The summed E-state index contributed by atoms with van der Waals surface area (Å²) in [6, 6.07) is 13.8. The van der Waals surface area contributed by atoms with E-state index in [1.165, 1.54) is 5.69 Å². The van der Waals surface area contributed by atoms with Gasteiger partial charge in [-0.25, -0.2) is 0 Å². The van der Waals surface area contributed by atoms with E-state index in [4.69, 9.17) is 21.1 Å². The van der Waals surface area contributed by atoms with Crippen LogP contribution < -0.4 is 19.7 Å². The molecule has 1 N–H and O–H groups in total. The van der Waals surface area contributed by atoms with E-state index in [2.05, 4.69) is 53.2 Å². The van der Waals surface area contributed by atoms with Crippen molar-refractivity contribution in [1.82, 2.24) is 10.2 Å². The average Bonchev–Trinajstić information content (AvgIpc) is 2.78. The number of carbonyl (C=O) groups is 1. The molecule has 2 aromatic rings. The molecule has 0 atom stereocenters. The summed E-state index contributed by atoms with van der Waals surface area (Å²) in [4.78, 5) is 17.4. The molecule has 0 saturated carbocycles. The Morgan fingerprint density at radius 1 is 1.13 bits per heavy atom. The van der Waals surface area contributed by atoms with Gasteiger partial charge in [-0.05, 0) is 30.2 Å². The van der Waals surface area contributed by atoms with Gasteiger partial charge in [0.2, 0.25) is 0 Å². The van der Waals surface area contributed by atoms with Crippen LogP contribution in [0.15, 0.2) is 42.5 Å². The Balaban J connectivity index is 1.48. The lowest BCUT2D eigenvalue weighted by Crippen LogP contribution is -2.48. The fourth-order valence-corrected chi connectivity index (χ4v) is 3.80. The number of benzene rings is 2. The zero-order chi connectivity index (χ0) is 22.2. The molecule has 1 aliphatic heterocycles. The first-order valence-electron chi connectivity index (χ1n) is 10.8. The Hall–Kier alpha value is -2.44. The van der Waals surface area contributed by atoms with Gasteiger partial charge in [-0.1, -0.05) is 43.6 Å². The molecule has 0 bridgehead atoms. The second-order valence-electron chi connectivity index (χ2n) is 8.11. The molecular weight excluding hydrogens is 414 g/mol. The van der Waals surface area contributed by atoms with Crippen molar-refractivity contribution in [2.24, 2.45) is 5.92 Å². The quantitative estimate of drug-likeness (QED) is 0.633. The monoisotopic (exact) mass is 445 g/mol. The standard InChI is InChI=1S/C24H32ClN3O3/c1-18(2)17-31-23-21(25)15-19(16-22(23)30-3)24(29)26-9-10-27-11-13-28(14-12-27)20-7-5-4-6-8-20/h4-8,15-16,18H,9-14,17H2,1-3H3,(H,26,29). The average molecular weight is 446 g/mol. The van der Waals surface area contributed by atoms with E-state index in [1.54, 1.807) is 19.2 Å². The Kier molecular flexibility index (Phi) is 8.43. The number of halogens is 1. The van der Waals surface area contributed by atoms with Crippen LogP contribution in [0.25, 0.3) is 0 Å². The first-order chi connectivity index (χ1) is 15.0. The van der Waals surface area contributed by atoms with Crippen molar-refractivity contribution < 1.29 is 14.3 Å². The molecule has 1 heterocycles. The highest BCUT2D eigenvalue weighted by Crippen LogP contribution is 2.36. The van der Waals surface area contributed by atoms with Crippen molar-refractivity contribution in [1.29, 1.82) is 0 Å². The smallest absolute Gasteiger partial charge is 0.251 e. The van der Waals surface area contributed by atoms with Crippen LogP contribution in [0.2, 0.25) is 5.02 Å². The van der Waals surface area contributed by atoms with Crippen molar-refractivity contribution in [3.8, 4) is 11.5 Å². The lowest BCUT2D eigenvalue weighted by atomic mass is 10.1. The SMILES string of the molecule is COc1cc(C(=O)NCCN2CCN(c3ccccc3)CC2)cc(Cl)c1OCC(C)C. The predicted molar refractivity (Wildman–Crippen MR) is 126 cm³/mol. The number of carbonyl (C=O) groups excluding carboxylic acids is 1. The fourth-order valence-electron chi connectivity index (χ4n) is 3.54. The summed E-state index contributed by atoms with van der Waals surface area (Å²) in [6.07, 6.45) is 0. The largest absolute Gasteiger partial charge is 0.493 e. The maximum atomic E-state index is 12.6. The first-order valence-corrected chi connectivity index (χ1v) is 11.2. The van der Waals surface area contributed by atoms with Crippen LogP contribution in [-0.4, -0.2) is 63.8 Å². The Morgan fingerprint density at radius 3 is 2.48 bits per heavy atom. The molecule has 6 nitrogen and oxygen atoms in total. The third-order valence-electron chi connectivity index (χ3n) is 5.26. The van der Waals surface area contributed by atoms with Crippen LogP contribution in [0, 0.1) is 5.92 Å². The molecular formula is C24H32ClN3O3. The third-order valence-corrected chi connectivity index (χ3v) is 5.54. The van der Waals surface area contributed by atoms with Crippen LogP contribution >= 0.6 is 11.6 Å². The second-order valence-corrected chi connectivity index (χ2v) is 8.52. The fraction of sp³-hybridized carbons (Fsp3) is 0.458. The number of hydrogen-bond donors (Lipinski definition) is 1. The zero-order valence-electron chi connectivity index (χ0n) is 18.6. The highest BCUT2D eigenvalue weighted by molar-refractivity contribution is 6.32. The summed E-state index contributed by atoms with van der Waals surface area (Å²) in [5.41, 5.74) is 1.73. The second kappa shape index (κ2) is 11.3. The Labute approximate surface area is 190 Å². The highest BCUT2D eigenvalue weighted by atomic mass is 35.5. The van der Waals surface area contributed by atoms with E-state index < -0.39 is 0 Å². The topological polar surface area (TPSA) is 54.0 Å². The van der Waals surface area contributed by atoms with Crippen LogP contribution in [0.3, 0.4) is 0 Å². The van der Waals surface area contributed by atoms with Crippen molar-refractivity contribution >= 4 is 23.2 Å². The van der Waals surface area contributed by atoms with Crippen molar-refractivity contribution in [3.63, 3.8) is 0 Å². The number of methoxy groups -OCH3 is 1. The van der Waals surface area contributed by atoms with E-state index in [0.29, 0.717) is 41.2 Å². The number of rotatable bonds is 9. The van der Waals surface area contributed by atoms with Gasteiger partial charge in [-0.3, -0.25) is 9.69 Å². The highest BCUT2D eigenvalue weighted by Gasteiger charge is 2.18. The van der Waals surface area contributed by atoms with E-state index >= 15 is 0 Å². The van der Waals surface area contributed by atoms with Gasteiger partial charge in [0.1, 0.15) is 0 Å². The van der Waals surface area contributed by atoms with Gasteiger partial charge in [0.25, 0.3) is 5.91 Å². The molecule has 0 aromatic heterocycles. The number of piperazine rings is 1. The maximum Gasteiger partial charge on any atom is 0.251 e. The maximum absolute atomic E-state index is 12.6. The lowest BCUT2D eigenvalue weighted by Gasteiger charge is -2.36. The summed E-state index contributed by atoms with van der Waals surface area (Å²) in [7, 11) is 1.55. The van der Waals surface area contributed by atoms with Gasteiger partial charge < -0.3 is 19.7 Å². The van der Waals surface area contributed by atoms with E-state index in [-0.39, 0.29) is 5.91 Å². The molecule has 1 fully saturated rings. The van der Waals surface area contributed by atoms with Gasteiger partial charge in [0.15, 0.2) is 11.5 Å². The van der Waals surface area contributed by atoms with Crippen LogP contribution in [0.4, 0.5) is 5.69 Å². The number of para-hydroxylation sites is 1. The molecule has 0 spiro atoms. The van der Waals surface area contributed by atoms with Crippen LogP contribution in [0.5, 0.6) is 11.5 Å². The number of nitrogens with zero attached hydrogens (tertiary/aromatic N) is 2. The van der Waals surface area contributed by atoms with Gasteiger partial charge in [0.05, 0.1) is 18.7 Å².